The summed E-state index contributed by atoms with van der Waals surface area (Å²) in [7, 11) is 0. The Hall–Kier alpha value is -1.97. The van der Waals surface area contributed by atoms with Gasteiger partial charge in [0.2, 0.25) is 5.96 Å². The third-order valence-corrected chi connectivity index (χ3v) is 2.17. The Bertz CT molecular complexity index is 446. The number of nitrogens with two attached hydrogens (primary N) is 1. The Morgan fingerprint density at radius 3 is 2.13 bits per heavy atom. The first kappa shape index (κ1) is 9.58. The molecule has 1 aliphatic rings. The van der Waals surface area contributed by atoms with E-state index >= 15 is 0 Å². The van der Waals surface area contributed by atoms with Crippen LogP contribution in [0.3, 0.4) is 0 Å². The van der Waals surface area contributed by atoms with Gasteiger partial charge in [-0.3, -0.25) is 0 Å². The number of nitrogens with zero attached hydrogens (tertiary/aromatic N) is 3. The zero-order valence-electron chi connectivity index (χ0n) is 8.73. The van der Waals surface area contributed by atoms with Gasteiger partial charge in [-0.05, 0) is 37.1 Å². The lowest BCUT2D eigenvalue weighted by molar-refractivity contribution is 1.31. The summed E-state index contributed by atoms with van der Waals surface area (Å²) in [6.07, 6.45) is 3.25. The molecule has 0 saturated carbocycles. The minimum atomic E-state index is 0.492. The molecule has 1 aromatic rings. The van der Waals surface area contributed by atoms with E-state index in [1.165, 1.54) is 0 Å². The van der Waals surface area contributed by atoms with Gasteiger partial charge in [-0.2, -0.15) is 0 Å². The third kappa shape index (κ3) is 1.93. The predicted octanol–water partition coefficient (Wildman–Crippen LogP) is 2.03. The van der Waals surface area contributed by atoms with Crippen molar-refractivity contribution in [2.75, 3.05) is 5.73 Å². The van der Waals surface area contributed by atoms with Crippen LogP contribution in [0.4, 0.5) is 11.4 Å². The standard InChI is InChI=1S/C11H12N4/c1-7-5-9(12)6-8(2)10(7)15-11-13-3-4-14-11/h3-6H,12H2,1-2H3. The first-order valence-electron chi connectivity index (χ1n) is 4.69. The number of hydrogen-bond donors (Lipinski definition) is 1. The van der Waals surface area contributed by atoms with E-state index in [1.807, 2.05) is 26.0 Å². The van der Waals surface area contributed by atoms with Crippen molar-refractivity contribution in [1.82, 2.24) is 0 Å². The van der Waals surface area contributed by atoms with E-state index in [4.69, 9.17) is 5.73 Å². The van der Waals surface area contributed by atoms with Crippen LogP contribution in [0, 0.1) is 13.8 Å². The molecule has 0 amide bonds. The van der Waals surface area contributed by atoms with Gasteiger partial charge >= 0.3 is 0 Å². The average Bonchev–Trinajstić information content (AvgIpc) is 2.63. The maximum atomic E-state index is 5.73. The van der Waals surface area contributed by atoms with Crippen molar-refractivity contribution in [3.63, 3.8) is 0 Å². The van der Waals surface area contributed by atoms with Crippen molar-refractivity contribution in [3.05, 3.63) is 23.3 Å². The Labute approximate surface area is 88.3 Å². The molecule has 0 fully saturated rings. The molecule has 0 atom stereocenters. The zero-order chi connectivity index (χ0) is 10.8. The van der Waals surface area contributed by atoms with Gasteiger partial charge in [0.15, 0.2) is 0 Å². The second-order valence-corrected chi connectivity index (χ2v) is 3.47. The van der Waals surface area contributed by atoms with Gasteiger partial charge in [0.05, 0.1) is 5.69 Å². The number of guanidine groups is 1. The minimum Gasteiger partial charge on any atom is -0.399 e. The number of nitrogen functional groups attached to an aromatic ring is 1. The molecule has 0 spiro atoms. The molecule has 0 unspecified atom stereocenters. The lowest BCUT2D eigenvalue weighted by Crippen LogP contribution is -1.91. The number of aliphatic imine (C=N–C) groups is 3. The van der Waals surface area contributed by atoms with Gasteiger partial charge in [0.25, 0.3) is 0 Å². The van der Waals surface area contributed by atoms with Crippen molar-refractivity contribution in [1.29, 1.82) is 0 Å². The fourth-order valence-corrected chi connectivity index (χ4v) is 1.56. The Kier molecular flexibility index (Phi) is 2.33. The predicted molar refractivity (Wildman–Crippen MR) is 64.4 cm³/mol. The van der Waals surface area contributed by atoms with Gasteiger partial charge in [-0.1, -0.05) is 0 Å². The molecule has 0 saturated heterocycles. The fraction of sp³-hybridized carbons (Fsp3) is 0.182. The molecule has 1 heterocycles. The molecule has 0 aromatic heterocycles. The van der Waals surface area contributed by atoms with E-state index < -0.39 is 0 Å². The van der Waals surface area contributed by atoms with Gasteiger partial charge in [0.1, 0.15) is 0 Å². The Balaban J connectivity index is 2.49. The van der Waals surface area contributed by atoms with E-state index in [1.54, 1.807) is 12.4 Å². The maximum absolute atomic E-state index is 5.73. The topological polar surface area (TPSA) is 63.1 Å². The molecule has 2 N–H and O–H groups in total. The van der Waals surface area contributed by atoms with Crippen LogP contribution in [0.15, 0.2) is 27.1 Å². The first-order chi connectivity index (χ1) is 7.16. The van der Waals surface area contributed by atoms with Crippen LogP contribution >= 0.6 is 0 Å². The Morgan fingerprint density at radius 2 is 1.60 bits per heavy atom. The van der Waals surface area contributed by atoms with Crippen molar-refractivity contribution >= 4 is 29.8 Å². The van der Waals surface area contributed by atoms with Crippen LogP contribution in [0.1, 0.15) is 11.1 Å². The lowest BCUT2D eigenvalue weighted by Gasteiger charge is -2.05. The Morgan fingerprint density at radius 1 is 1.07 bits per heavy atom. The highest BCUT2D eigenvalue weighted by Gasteiger charge is 2.05. The van der Waals surface area contributed by atoms with E-state index in [0.717, 1.165) is 22.5 Å². The molecule has 4 nitrogen and oxygen atoms in total. The van der Waals surface area contributed by atoms with E-state index in [9.17, 15) is 0 Å². The van der Waals surface area contributed by atoms with Crippen LogP contribution in [0.2, 0.25) is 0 Å². The number of aryl methyl sites for hydroxylation is 2. The van der Waals surface area contributed by atoms with E-state index in [0.29, 0.717) is 5.96 Å². The number of anilines is 1. The summed E-state index contributed by atoms with van der Waals surface area (Å²) >= 11 is 0. The molecular weight excluding hydrogens is 188 g/mol. The summed E-state index contributed by atoms with van der Waals surface area (Å²) < 4.78 is 0. The summed E-state index contributed by atoms with van der Waals surface area (Å²) in [6, 6.07) is 3.80. The maximum Gasteiger partial charge on any atom is 0.249 e. The smallest absolute Gasteiger partial charge is 0.249 e. The largest absolute Gasteiger partial charge is 0.399 e. The third-order valence-electron chi connectivity index (χ3n) is 2.17. The summed E-state index contributed by atoms with van der Waals surface area (Å²) in [4.78, 5) is 12.4. The van der Waals surface area contributed by atoms with Crippen LogP contribution < -0.4 is 5.73 Å². The molecule has 0 aliphatic carbocycles. The molecule has 0 bridgehead atoms. The number of hydrogen-bond acceptors (Lipinski definition) is 2. The monoisotopic (exact) mass is 200 g/mol. The molecule has 2 rings (SSSR count). The average molecular weight is 200 g/mol. The van der Waals surface area contributed by atoms with Gasteiger partial charge in [-0.25, -0.2) is 15.0 Å². The molecule has 76 valence electrons. The SMILES string of the molecule is Cc1cc(N)cc(C)c1N=C1N=CC=N1. The van der Waals surface area contributed by atoms with Crippen LogP contribution in [-0.2, 0) is 0 Å². The highest BCUT2D eigenvalue weighted by molar-refractivity contribution is 6.26. The van der Waals surface area contributed by atoms with Gasteiger partial charge in [-0.15, -0.1) is 0 Å². The fourth-order valence-electron chi connectivity index (χ4n) is 1.56. The van der Waals surface area contributed by atoms with Crippen molar-refractivity contribution in [2.24, 2.45) is 15.0 Å². The van der Waals surface area contributed by atoms with Crippen molar-refractivity contribution in [2.45, 2.75) is 13.8 Å². The van der Waals surface area contributed by atoms with Crippen LogP contribution in [0.5, 0.6) is 0 Å². The highest BCUT2D eigenvalue weighted by Crippen LogP contribution is 2.26. The van der Waals surface area contributed by atoms with E-state index in [2.05, 4.69) is 15.0 Å². The second-order valence-electron chi connectivity index (χ2n) is 3.47. The molecule has 15 heavy (non-hydrogen) atoms. The summed E-state index contributed by atoms with van der Waals surface area (Å²) in [5.41, 5.74) is 9.46. The number of benzene rings is 1. The van der Waals surface area contributed by atoms with E-state index in [-0.39, 0.29) is 0 Å². The highest BCUT2D eigenvalue weighted by atomic mass is 15.1. The van der Waals surface area contributed by atoms with Gasteiger partial charge in [0, 0.05) is 18.1 Å². The van der Waals surface area contributed by atoms with Crippen LogP contribution in [-0.4, -0.2) is 18.4 Å². The van der Waals surface area contributed by atoms with Crippen LogP contribution in [0.25, 0.3) is 0 Å². The summed E-state index contributed by atoms with van der Waals surface area (Å²) in [6.45, 7) is 3.95. The molecule has 1 aromatic carbocycles. The second kappa shape index (κ2) is 3.65. The normalized spacial score (nSPS) is 13.6. The number of rotatable bonds is 1. The molecule has 1 aliphatic heterocycles. The van der Waals surface area contributed by atoms with Gasteiger partial charge < -0.3 is 5.73 Å². The van der Waals surface area contributed by atoms with Crippen molar-refractivity contribution < 1.29 is 0 Å². The summed E-state index contributed by atoms with van der Waals surface area (Å²) in [5, 5.41) is 0. The quantitative estimate of drug-likeness (QED) is 0.692. The molecule has 4 heteroatoms. The minimum absolute atomic E-state index is 0.492. The summed E-state index contributed by atoms with van der Waals surface area (Å²) in [5.74, 6) is 0.492. The zero-order valence-corrected chi connectivity index (χ0v) is 8.73. The lowest BCUT2D eigenvalue weighted by atomic mass is 10.1. The molecular formula is C11H12N4. The first-order valence-corrected chi connectivity index (χ1v) is 4.69. The molecule has 0 radical (unpaired) electrons. The van der Waals surface area contributed by atoms with Crippen molar-refractivity contribution in [3.8, 4) is 0 Å².